The molecule has 0 saturated carbocycles. The number of benzene rings is 1. The molecule has 2 rings (SSSR count). The van der Waals surface area contributed by atoms with E-state index < -0.39 is 5.97 Å². The third-order valence-corrected chi connectivity index (χ3v) is 2.65. The molecule has 0 unspecified atom stereocenters. The summed E-state index contributed by atoms with van der Waals surface area (Å²) >= 11 is 3.26. The fourth-order valence-corrected chi connectivity index (χ4v) is 1.81. The van der Waals surface area contributed by atoms with Crippen LogP contribution in [0, 0.1) is 0 Å². The molecule has 0 saturated heterocycles. The number of halogens is 1. The van der Waals surface area contributed by atoms with Crippen molar-refractivity contribution in [3.63, 3.8) is 0 Å². The van der Waals surface area contributed by atoms with Gasteiger partial charge in [-0.15, -0.1) is 0 Å². The van der Waals surface area contributed by atoms with E-state index >= 15 is 0 Å². The van der Waals surface area contributed by atoms with Gasteiger partial charge < -0.3 is 15.2 Å². The van der Waals surface area contributed by atoms with Crippen molar-refractivity contribution < 1.29 is 15.0 Å². The molecule has 72 valence electrons. The predicted octanol–water partition coefficient (Wildman–Crippen LogP) is 2.33. The molecular weight excluding hydrogens is 250 g/mol. The molecule has 0 radical (unpaired) electrons. The van der Waals surface area contributed by atoms with E-state index in [2.05, 4.69) is 20.9 Å². The molecule has 1 aromatic heterocycles. The van der Waals surface area contributed by atoms with E-state index in [1.165, 1.54) is 12.3 Å². The second-order valence-electron chi connectivity index (χ2n) is 2.82. The molecular formula is C9H6BrNO3. The highest BCUT2D eigenvalue weighted by atomic mass is 79.9. The van der Waals surface area contributed by atoms with E-state index in [9.17, 15) is 9.90 Å². The zero-order valence-corrected chi connectivity index (χ0v) is 8.50. The number of aromatic amines is 1. The lowest BCUT2D eigenvalue weighted by molar-refractivity contribution is 0.0699. The Morgan fingerprint density at radius 3 is 2.79 bits per heavy atom. The Labute approximate surface area is 87.3 Å². The number of aromatic hydroxyl groups is 1. The van der Waals surface area contributed by atoms with Crippen LogP contribution in [0.2, 0.25) is 0 Å². The monoisotopic (exact) mass is 255 g/mol. The number of H-pyrrole nitrogens is 1. The van der Waals surface area contributed by atoms with Gasteiger partial charge >= 0.3 is 5.97 Å². The average molecular weight is 256 g/mol. The molecule has 3 N–H and O–H groups in total. The number of phenolic OH excluding ortho intramolecular Hbond substituents is 1. The minimum atomic E-state index is -1.07. The maximum atomic E-state index is 10.8. The lowest BCUT2D eigenvalue weighted by Gasteiger charge is -1.98. The van der Waals surface area contributed by atoms with Gasteiger partial charge in [-0.3, -0.25) is 0 Å². The summed E-state index contributed by atoms with van der Waals surface area (Å²) in [6.07, 6.45) is 1.36. The number of nitrogens with one attached hydrogen (secondary N) is 1. The first-order valence-corrected chi connectivity index (χ1v) is 4.62. The molecule has 14 heavy (non-hydrogen) atoms. The minimum Gasteiger partial charge on any atom is -0.507 e. The highest BCUT2D eigenvalue weighted by molar-refractivity contribution is 9.10. The van der Waals surface area contributed by atoms with Gasteiger partial charge in [0.15, 0.2) is 0 Å². The van der Waals surface area contributed by atoms with Crippen LogP contribution < -0.4 is 0 Å². The van der Waals surface area contributed by atoms with Gasteiger partial charge in [0.05, 0.1) is 16.5 Å². The highest BCUT2D eigenvalue weighted by Crippen LogP contribution is 2.32. The van der Waals surface area contributed by atoms with Gasteiger partial charge in [-0.2, -0.15) is 0 Å². The molecule has 1 aromatic carbocycles. The van der Waals surface area contributed by atoms with E-state index in [-0.39, 0.29) is 11.3 Å². The Hall–Kier alpha value is -1.49. The van der Waals surface area contributed by atoms with Gasteiger partial charge in [0.2, 0.25) is 0 Å². The molecule has 0 atom stereocenters. The fraction of sp³-hybridized carbons (Fsp3) is 0. The van der Waals surface area contributed by atoms with Crippen LogP contribution in [-0.4, -0.2) is 21.2 Å². The summed E-state index contributed by atoms with van der Waals surface area (Å²) in [5.41, 5.74) is 0.654. The van der Waals surface area contributed by atoms with Crippen molar-refractivity contribution in [3.05, 3.63) is 28.4 Å². The summed E-state index contributed by atoms with van der Waals surface area (Å²) in [4.78, 5) is 13.6. The van der Waals surface area contributed by atoms with Crippen molar-refractivity contribution in [2.45, 2.75) is 0 Å². The van der Waals surface area contributed by atoms with Crippen LogP contribution in [0.3, 0.4) is 0 Å². The number of carboxylic acid groups (broad SMARTS) is 1. The molecule has 0 fully saturated rings. The van der Waals surface area contributed by atoms with Crippen molar-refractivity contribution in [1.82, 2.24) is 4.98 Å². The van der Waals surface area contributed by atoms with E-state index in [0.29, 0.717) is 10.9 Å². The Morgan fingerprint density at radius 2 is 2.14 bits per heavy atom. The molecule has 0 aliphatic heterocycles. The van der Waals surface area contributed by atoms with Gasteiger partial charge in [-0.25, -0.2) is 4.79 Å². The molecule has 2 aromatic rings. The molecule has 0 aliphatic carbocycles. The number of carboxylic acids is 1. The quantitative estimate of drug-likeness (QED) is 0.733. The van der Waals surface area contributed by atoms with Gasteiger partial charge in [-0.05, 0) is 28.1 Å². The third kappa shape index (κ3) is 1.17. The van der Waals surface area contributed by atoms with Gasteiger partial charge in [0.25, 0.3) is 0 Å². The summed E-state index contributed by atoms with van der Waals surface area (Å²) in [7, 11) is 0. The Bertz CT molecular complexity index is 518. The van der Waals surface area contributed by atoms with Crippen molar-refractivity contribution >= 4 is 32.8 Å². The normalized spacial score (nSPS) is 10.6. The van der Waals surface area contributed by atoms with Crippen LogP contribution in [-0.2, 0) is 0 Å². The molecule has 0 aliphatic rings. The minimum absolute atomic E-state index is 0.0400. The number of fused-ring (bicyclic) bond motifs is 1. The van der Waals surface area contributed by atoms with Crippen LogP contribution in [0.5, 0.6) is 5.75 Å². The summed E-state index contributed by atoms with van der Waals surface area (Å²) in [6, 6.07) is 3.10. The van der Waals surface area contributed by atoms with Crippen molar-refractivity contribution in [1.29, 1.82) is 0 Å². The molecule has 5 heteroatoms. The molecule has 1 heterocycles. The smallest absolute Gasteiger partial charge is 0.338 e. The Balaban J connectivity index is 2.90. The van der Waals surface area contributed by atoms with Crippen LogP contribution in [0.25, 0.3) is 10.9 Å². The summed E-state index contributed by atoms with van der Waals surface area (Å²) < 4.78 is 0.720. The third-order valence-electron chi connectivity index (χ3n) is 1.99. The average Bonchev–Trinajstić information content (AvgIpc) is 2.56. The van der Waals surface area contributed by atoms with Gasteiger partial charge in [0, 0.05) is 10.7 Å². The zero-order chi connectivity index (χ0) is 10.3. The number of aromatic nitrogens is 1. The maximum Gasteiger partial charge on any atom is 0.338 e. The van der Waals surface area contributed by atoms with E-state index in [1.54, 1.807) is 6.07 Å². The van der Waals surface area contributed by atoms with E-state index in [1.807, 2.05) is 0 Å². The Kier molecular flexibility index (Phi) is 1.96. The first-order chi connectivity index (χ1) is 6.61. The summed E-state index contributed by atoms with van der Waals surface area (Å²) in [6.45, 7) is 0. The molecule has 0 bridgehead atoms. The zero-order valence-electron chi connectivity index (χ0n) is 6.91. The van der Waals surface area contributed by atoms with Gasteiger partial charge in [0.1, 0.15) is 5.75 Å². The largest absolute Gasteiger partial charge is 0.507 e. The van der Waals surface area contributed by atoms with Crippen molar-refractivity contribution in [2.75, 3.05) is 0 Å². The number of rotatable bonds is 1. The van der Waals surface area contributed by atoms with Crippen LogP contribution in [0.4, 0.5) is 0 Å². The van der Waals surface area contributed by atoms with Crippen LogP contribution >= 0.6 is 15.9 Å². The summed E-state index contributed by atoms with van der Waals surface area (Å²) in [5.74, 6) is -1.11. The number of hydrogen-bond acceptors (Lipinski definition) is 2. The van der Waals surface area contributed by atoms with E-state index in [4.69, 9.17) is 5.11 Å². The molecule has 4 nitrogen and oxygen atoms in total. The second kappa shape index (κ2) is 3.02. The highest BCUT2D eigenvalue weighted by Gasteiger charge is 2.15. The standard InChI is InChI=1S/C9H6BrNO3/c10-5-1-2-6(12)7-4(9(13)14)3-11-8(5)7/h1-3,11-12H,(H,13,14). The number of phenols is 1. The van der Waals surface area contributed by atoms with E-state index in [0.717, 1.165) is 4.47 Å². The molecule has 0 spiro atoms. The first kappa shape index (κ1) is 9.08. The van der Waals surface area contributed by atoms with Crippen molar-refractivity contribution in [3.8, 4) is 5.75 Å². The number of aromatic carboxylic acids is 1. The lowest BCUT2D eigenvalue weighted by Crippen LogP contribution is -1.93. The predicted molar refractivity (Wildman–Crippen MR) is 54.6 cm³/mol. The molecule has 0 amide bonds. The SMILES string of the molecule is O=C(O)c1c[nH]c2c(Br)ccc(O)c12. The fourth-order valence-electron chi connectivity index (χ4n) is 1.37. The van der Waals surface area contributed by atoms with Gasteiger partial charge in [-0.1, -0.05) is 0 Å². The Morgan fingerprint density at radius 1 is 1.43 bits per heavy atom. The number of carbonyl (C=O) groups is 1. The van der Waals surface area contributed by atoms with Crippen LogP contribution in [0.1, 0.15) is 10.4 Å². The first-order valence-electron chi connectivity index (χ1n) is 3.83. The summed E-state index contributed by atoms with van der Waals surface area (Å²) in [5, 5.41) is 18.7. The van der Waals surface area contributed by atoms with Crippen molar-refractivity contribution in [2.24, 2.45) is 0 Å². The number of hydrogen-bond donors (Lipinski definition) is 3. The topological polar surface area (TPSA) is 73.3 Å². The lowest BCUT2D eigenvalue weighted by atomic mass is 10.1. The second-order valence-corrected chi connectivity index (χ2v) is 3.68. The van der Waals surface area contributed by atoms with Crippen LogP contribution in [0.15, 0.2) is 22.8 Å². The maximum absolute atomic E-state index is 10.8.